The van der Waals surface area contributed by atoms with Crippen molar-refractivity contribution in [2.75, 3.05) is 36.4 Å². The van der Waals surface area contributed by atoms with Crippen molar-refractivity contribution in [2.45, 2.75) is 97.7 Å². The van der Waals surface area contributed by atoms with Gasteiger partial charge in [-0.1, -0.05) is 53.7 Å². The number of rotatable bonds is 4. The molecule has 1 aliphatic carbocycles. The summed E-state index contributed by atoms with van der Waals surface area (Å²) in [6.07, 6.45) is 0.488. The summed E-state index contributed by atoms with van der Waals surface area (Å²) in [6.45, 7) is 15.8. The van der Waals surface area contributed by atoms with E-state index in [-0.39, 0.29) is 39.9 Å². The number of alkyl halides is 3. The molecule has 0 bridgehead atoms. The van der Waals surface area contributed by atoms with E-state index in [1.54, 1.807) is 23.1 Å². The second kappa shape index (κ2) is 11.8. The first kappa shape index (κ1) is 32.5. The highest BCUT2D eigenvalue weighted by atomic mass is 19.4. The van der Waals surface area contributed by atoms with Crippen LogP contribution in [0.4, 0.5) is 35.0 Å². The molecule has 5 rings (SSSR count). The Morgan fingerprint density at radius 2 is 1.59 bits per heavy atom. The third kappa shape index (κ3) is 6.82. The lowest BCUT2D eigenvalue weighted by Gasteiger charge is -2.42. The molecule has 2 fully saturated rings. The number of likely N-dealkylation sites (tertiary alicyclic amines) is 1. The topological polar surface area (TPSA) is 67.8 Å². The lowest BCUT2D eigenvalue weighted by molar-refractivity contribution is -0.138. The molecule has 2 aliphatic heterocycles. The molecule has 2 aromatic carbocycles. The first-order chi connectivity index (χ1) is 20.5. The molecule has 1 saturated carbocycles. The van der Waals surface area contributed by atoms with Crippen LogP contribution in [0.3, 0.4) is 0 Å². The van der Waals surface area contributed by atoms with Crippen molar-refractivity contribution in [1.82, 2.24) is 10.2 Å². The Balaban J connectivity index is 1.42. The van der Waals surface area contributed by atoms with Gasteiger partial charge >= 0.3 is 12.2 Å². The van der Waals surface area contributed by atoms with E-state index < -0.39 is 17.2 Å². The second-order valence-electron chi connectivity index (χ2n) is 15.6. The Kier molecular flexibility index (Phi) is 8.68. The molecule has 6 nitrogen and oxygen atoms in total. The predicted molar refractivity (Wildman–Crippen MR) is 171 cm³/mol. The van der Waals surface area contributed by atoms with E-state index in [1.165, 1.54) is 0 Å². The molecule has 3 N–H and O–H groups in total. The highest BCUT2D eigenvalue weighted by Gasteiger charge is 2.52. The zero-order valence-electron chi connectivity index (χ0n) is 27.1. The number of phenolic OH excluding ortho intramolecular Hbond substituents is 1. The highest BCUT2D eigenvalue weighted by molar-refractivity contribution is 5.95. The van der Waals surface area contributed by atoms with E-state index in [9.17, 15) is 23.1 Å². The Labute approximate surface area is 260 Å². The van der Waals surface area contributed by atoms with Crippen LogP contribution in [-0.4, -0.2) is 48.3 Å². The Morgan fingerprint density at radius 1 is 0.955 bits per heavy atom. The van der Waals surface area contributed by atoms with Crippen molar-refractivity contribution in [1.29, 1.82) is 0 Å². The number of piperidine rings is 1. The van der Waals surface area contributed by atoms with E-state index in [0.29, 0.717) is 49.8 Å². The fourth-order valence-corrected chi connectivity index (χ4v) is 7.77. The first-order valence-corrected chi connectivity index (χ1v) is 16.1. The number of urea groups is 1. The van der Waals surface area contributed by atoms with Gasteiger partial charge in [0.2, 0.25) is 0 Å². The van der Waals surface area contributed by atoms with E-state index >= 15 is 0 Å². The number of carbonyl (C=O) groups is 1. The van der Waals surface area contributed by atoms with Crippen molar-refractivity contribution in [3.05, 3.63) is 47.5 Å². The molecule has 0 atom stereocenters. The van der Waals surface area contributed by atoms with Crippen LogP contribution in [-0.2, 0) is 11.6 Å². The Bertz CT molecular complexity index is 1350. The van der Waals surface area contributed by atoms with Crippen LogP contribution < -0.4 is 15.5 Å². The van der Waals surface area contributed by atoms with Crippen molar-refractivity contribution in [2.24, 2.45) is 16.7 Å². The standard InChI is InChI=1S/C35H49F3N4O2/c1-32(2,3)21-41-19-17-34(18-20-41)22-42(30-28(43)16-15-25(29(30)34)35(36,37)38)27-10-8-7-9-26(27)40-31(44)39-24-13-11-23(12-14-24)33(4,5)6/h7-10,15-16,23-24,43H,11-14,17-22H2,1-6H3,(H2,39,40,44). The molecule has 1 saturated heterocycles. The quantitative estimate of drug-likeness (QED) is 0.322. The van der Waals surface area contributed by atoms with E-state index in [2.05, 4.69) is 57.1 Å². The average molecular weight is 615 g/mol. The zero-order chi connectivity index (χ0) is 32.1. The number of phenols is 1. The molecule has 242 valence electrons. The van der Waals surface area contributed by atoms with Gasteiger partial charge in [0.1, 0.15) is 5.75 Å². The predicted octanol–water partition coefficient (Wildman–Crippen LogP) is 8.67. The SMILES string of the molecule is CC(C)(C)CN1CCC2(CC1)CN(c1ccccc1NC(=O)NC1CCC(C(C)(C)C)CC1)c1c(O)ccc(C(F)(F)F)c12. The molecule has 0 aromatic heterocycles. The van der Waals surface area contributed by atoms with Gasteiger partial charge in [0.15, 0.2) is 0 Å². The lowest BCUT2D eigenvalue weighted by Crippen LogP contribution is -2.47. The minimum Gasteiger partial charge on any atom is -0.506 e. The van der Waals surface area contributed by atoms with E-state index in [1.807, 2.05) is 6.07 Å². The number of anilines is 3. The zero-order valence-corrected chi connectivity index (χ0v) is 27.1. The van der Waals surface area contributed by atoms with Crippen molar-refractivity contribution in [3.8, 4) is 5.75 Å². The monoisotopic (exact) mass is 614 g/mol. The number of fused-ring (bicyclic) bond motifs is 2. The van der Waals surface area contributed by atoms with Crippen molar-refractivity contribution < 1.29 is 23.1 Å². The molecule has 2 aromatic rings. The Morgan fingerprint density at radius 3 is 2.18 bits per heavy atom. The van der Waals surface area contributed by atoms with Gasteiger partial charge in [-0.15, -0.1) is 0 Å². The second-order valence-corrected chi connectivity index (χ2v) is 15.6. The molecule has 1 spiro atoms. The summed E-state index contributed by atoms with van der Waals surface area (Å²) >= 11 is 0. The van der Waals surface area contributed by atoms with Crippen LogP contribution in [0.2, 0.25) is 0 Å². The van der Waals surface area contributed by atoms with Gasteiger partial charge in [-0.2, -0.15) is 13.2 Å². The van der Waals surface area contributed by atoms with Gasteiger partial charge in [0.05, 0.1) is 22.6 Å². The fraction of sp³-hybridized carbons (Fsp3) is 0.629. The third-order valence-corrected chi connectivity index (χ3v) is 9.96. The summed E-state index contributed by atoms with van der Waals surface area (Å²) in [7, 11) is 0. The van der Waals surface area contributed by atoms with Crippen LogP contribution in [0.5, 0.6) is 5.75 Å². The number of hydrogen-bond donors (Lipinski definition) is 3. The number of carbonyl (C=O) groups excluding carboxylic acids is 1. The summed E-state index contributed by atoms with van der Waals surface area (Å²) in [5, 5.41) is 17.2. The number of amides is 2. The molecule has 2 heterocycles. The third-order valence-electron chi connectivity index (χ3n) is 9.96. The fourth-order valence-electron chi connectivity index (χ4n) is 7.77. The molecule has 44 heavy (non-hydrogen) atoms. The van der Waals surface area contributed by atoms with Crippen LogP contribution in [0, 0.1) is 16.7 Å². The van der Waals surface area contributed by atoms with Gasteiger partial charge < -0.3 is 25.5 Å². The van der Waals surface area contributed by atoms with Gasteiger partial charge in [-0.25, -0.2) is 4.79 Å². The normalized spacial score (nSPS) is 22.6. The number of halogens is 3. The van der Waals surface area contributed by atoms with Crippen molar-refractivity contribution >= 4 is 23.1 Å². The lowest BCUT2D eigenvalue weighted by atomic mass is 9.71. The van der Waals surface area contributed by atoms with E-state index in [4.69, 9.17) is 0 Å². The number of nitrogens with one attached hydrogen (secondary N) is 2. The smallest absolute Gasteiger partial charge is 0.416 e. The number of hydrogen-bond acceptors (Lipinski definition) is 4. The average Bonchev–Trinajstić information content (AvgIpc) is 3.24. The summed E-state index contributed by atoms with van der Waals surface area (Å²) in [4.78, 5) is 17.4. The number of para-hydroxylation sites is 2. The molecule has 2 amide bonds. The molecule has 3 aliphatic rings. The minimum absolute atomic E-state index is 0.0771. The van der Waals surface area contributed by atoms with E-state index in [0.717, 1.165) is 44.4 Å². The molecular weight excluding hydrogens is 565 g/mol. The van der Waals surface area contributed by atoms with Crippen LogP contribution in [0.15, 0.2) is 36.4 Å². The maximum atomic E-state index is 14.5. The highest BCUT2D eigenvalue weighted by Crippen LogP contribution is 2.57. The first-order valence-electron chi connectivity index (χ1n) is 16.1. The summed E-state index contributed by atoms with van der Waals surface area (Å²) in [5.74, 6) is 0.443. The van der Waals surface area contributed by atoms with Gasteiger partial charge in [-0.05, 0) is 98.2 Å². The number of nitrogens with zero attached hydrogens (tertiary/aromatic N) is 2. The minimum atomic E-state index is -4.56. The van der Waals surface area contributed by atoms with Gasteiger partial charge in [-0.3, -0.25) is 0 Å². The van der Waals surface area contributed by atoms with Gasteiger partial charge in [0, 0.05) is 24.5 Å². The van der Waals surface area contributed by atoms with Crippen LogP contribution in [0.25, 0.3) is 0 Å². The number of benzene rings is 2. The van der Waals surface area contributed by atoms with Crippen LogP contribution in [0.1, 0.15) is 91.2 Å². The number of aromatic hydroxyl groups is 1. The molecular formula is C35H49F3N4O2. The Hall–Kier alpha value is -2.94. The largest absolute Gasteiger partial charge is 0.506 e. The summed E-state index contributed by atoms with van der Waals surface area (Å²) < 4.78 is 43.6. The summed E-state index contributed by atoms with van der Waals surface area (Å²) in [5.41, 5.74) is 0.296. The molecule has 0 radical (unpaired) electrons. The molecule has 0 unspecified atom stereocenters. The van der Waals surface area contributed by atoms with Gasteiger partial charge in [0.25, 0.3) is 0 Å². The van der Waals surface area contributed by atoms with Crippen molar-refractivity contribution in [3.63, 3.8) is 0 Å². The molecule has 9 heteroatoms. The summed E-state index contributed by atoms with van der Waals surface area (Å²) in [6, 6.07) is 9.12. The van der Waals surface area contributed by atoms with Crippen LogP contribution >= 0.6 is 0 Å². The maximum absolute atomic E-state index is 14.5. The maximum Gasteiger partial charge on any atom is 0.416 e.